The van der Waals surface area contributed by atoms with Gasteiger partial charge in [0.05, 0.1) is 32.6 Å². The number of carboxylic acids is 1. The lowest BCUT2D eigenvalue weighted by Gasteiger charge is -2.12. The maximum absolute atomic E-state index is 12.5. The van der Waals surface area contributed by atoms with Gasteiger partial charge in [-0.15, -0.1) is 0 Å². The number of carbonyl (C=O) groups is 2. The lowest BCUT2D eigenvalue weighted by Crippen LogP contribution is -2.16. The van der Waals surface area contributed by atoms with Crippen LogP contribution in [-0.2, 0) is 4.79 Å². The number of methoxy groups -OCH3 is 3. The van der Waals surface area contributed by atoms with Crippen LogP contribution in [0.15, 0.2) is 42.0 Å². The molecule has 0 bridgehead atoms. The van der Waals surface area contributed by atoms with E-state index in [1.165, 1.54) is 45.6 Å². The summed E-state index contributed by atoms with van der Waals surface area (Å²) in [5, 5.41) is 21.1. The summed E-state index contributed by atoms with van der Waals surface area (Å²) in [6.07, 6.45) is 1.32. The number of carboxylic acid groups (broad SMARTS) is 1. The van der Waals surface area contributed by atoms with Crippen LogP contribution in [0.1, 0.15) is 15.9 Å². The van der Waals surface area contributed by atoms with E-state index in [0.29, 0.717) is 22.8 Å². The summed E-state index contributed by atoms with van der Waals surface area (Å²) in [6.45, 7) is 0. The minimum Gasteiger partial charge on any atom is -0.496 e. The molecule has 0 aliphatic heterocycles. The Bertz CT molecular complexity index is 975. The molecule has 0 aliphatic rings. The molecule has 2 aromatic carbocycles. The number of nitriles is 1. The van der Waals surface area contributed by atoms with Gasteiger partial charge in [-0.1, -0.05) is 12.1 Å². The van der Waals surface area contributed by atoms with Crippen LogP contribution in [0, 0.1) is 11.3 Å². The van der Waals surface area contributed by atoms with Gasteiger partial charge < -0.3 is 24.6 Å². The topological polar surface area (TPSA) is 118 Å². The maximum atomic E-state index is 12.5. The van der Waals surface area contributed by atoms with Crippen LogP contribution < -0.4 is 19.5 Å². The molecule has 0 atom stereocenters. The number of aromatic carboxylic acids is 1. The molecule has 0 radical (unpaired) electrons. The zero-order valence-electron chi connectivity index (χ0n) is 15.5. The summed E-state index contributed by atoms with van der Waals surface area (Å²) >= 11 is 0. The van der Waals surface area contributed by atoms with E-state index in [1.807, 2.05) is 6.07 Å². The van der Waals surface area contributed by atoms with Gasteiger partial charge in [-0.25, -0.2) is 4.79 Å². The predicted molar refractivity (Wildman–Crippen MR) is 102 cm³/mol. The number of ether oxygens (including phenoxy) is 3. The molecule has 0 saturated heterocycles. The largest absolute Gasteiger partial charge is 0.496 e. The molecule has 0 aromatic heterocycles. The number of hydrogen-bond donors (Lipinski definition) is 2. The monoisotopic (exact) mass is 382 g/mol. The van der Waals surface area contributed by atoms with E-state index < -0.39 is 11.9 Å². The van der Waals surface area contributed by atoms with Crippen LogP contribution in [0.4, 0.5) is 5.69 Å². The molecule has 2 aromatic rings. The number of nitrogens with one attached hydrogen (secondary N) is 1. The Balaban J connectivity index is 2.43. The summed E-state index contributed by atoms with van der Waals surface area (Å²) in [7, 11) is 4.37. The first-order valence-electron chi connectivity index (χ1n) is 8.00. The standard InChI is InChI=1S/C20H18N2O6/c1-26-16-10-18(28-3)17(27-2)9-12(16)8-13(11-21)19(23)22-15-7-5-4-6-14(15)20(24)25/h4-10H,1-3H3,(H,22,23)(H,24,25)/b13-8+. The number of benzene rings is 2. The number of rotatable bonds is 7. The molecular formula is C20H18N2O6. The van der Waals surface area contributed by atoms with Crippen molar-refractivity contribution in [2.45, 2.75) is 0 Å². The number of anilines is 1. The van der Waals surface area contributed by atoms with Crippen LogP contribution in [0.25, 0.3) is 6.08 Å². The smallest absolute Gasteiger partial charge is 0.337 e. The van der Waals surface area contributed by atoms with Crippen LogP contribution >= 0.6 is 0 Å². The van der Waals surface area contributed by atoms with Crippen LogP contribution in [0.3, 0.4) is 0 Å². The Kier molecular flexibility index (Phi) is 6.60. The quantitative estimate of drug-likeness (QED) is 0.558. The van der Waals surface area contributed by atoms with Gasteiger partial charge in [-0.3, -0.25) is 4.79 Å². The van der Waals surface area contributed by atoms with Gasteiger partial charge in [-0.2, -0.15) is 5.26 Å². The summed E-state index contributed by atoms with van der Waals surface area (Å²) in [4.78, 5) is 23.8. The number of carbonyl (C=O) groups excluding carboxylic acids is 1. The first-order chi connectivity index (χ1) is 13.4. The summed E-state index contributed by atoms with van der Waals surface area (Å²) in [5.74, 6) is -0.768. The highest BCUT2D eigenvalue weighted by molar-refractivity contribution is 6.12. The van der Waals surface area contributed by atoms with Crippen LogP contribution in [0.2, 0.25) is 0 Å². The third-order valence-electron chi connectivity index (χ3n) is 3.81. The van der Waals surface area contributed by atoms with E-state index in [1.54, 1.807) is 18.2 Å². The zero-order chi connectivity index (χ0) is 20.7. The highest BCUT2D eigenvalue weighted by atomic mass is 16.5. The normalized spacial score (nSPS) is 10.6. The number of hydrogen-bond acceptors (Lipinski definition) is 6. The van der Waals surface area contributed by atoms with Gasteiger partial charge in [0.25, 0.3) is 5.91 Å². The molecule has 0 heterocycles. The number of nitrogens with zero attached hydrogens (tertiary/aromatic N) is 1. The minimum atomic E-state index is -1.19. The van der Waals surface area contributed by atoms with Gasteiger partial charge in [-0.05, 0) is 24.3 Å². The molecule has 0 aliphatic carbocycles. The Morgan fingerprint density at radius 3 is 2.21 bits per heavy atom. The third-order valence-corrected chi connectivity index (χ3v) is 3.81. The predicted octanol–water partition coefficient (Wildman–Crippen LogP) is 2.96. The van der Waals surface area contributed by atoms with Crippen molar-refractivity contribution in [1.29, 1.82) is 5.26 Å². The van der Waals surface area contributed by atoms with Crippen LogP contribution in [-0.4, -0.2) is 38.3 Å². The fourth-order valence-electron chi connectivity index (χ4n) is 2.44. The zero-order valence-corrected chi connectivity index (χ0v) is 15.5. The van der Waals surface area contributed by atoms with E-state index in [2.05, 4.69) is 5.32 Å². The van der Waals surface area contributed by atoms with Gasteiger partial charge in [0.1, 0.15) is 17.4 Å². The maximum Gasteiger partial charge on any atom is 0.337 e. The molecule has 8 nitrogen and oxygen atoms in total. The van der Waals surface area contributed by atoms with E-state index >= 15 is 0 Å². The Morgan fingerprint density at radius 1 is 1.04 bits per heavy atom. The molecule has 0 spiro atoms. The van der Waals surface area contributed by atoms with Gasteiger partial charge in [0, 0.05) is 11.6 Å². The molecule has 144 valence electrons. The second-order valence-electron chi connectivity index (χ2n) is 5.42. The van der Waals surface area contributed by atoms with Crippen molar-refractivity contribution in [1.82, 2.24) is 0 Å². The van der Waals surface area contributed by atoms with Gasteiger partial charge in [0.15, 0.2) is 11.5 Å². The van der Waals surface area contributed by atoms with Crippen molar-refractivity contribution in [2.24, 2.45) is 0 Å². The first kappa shape index (κ1) is 20.3. The van der Waals surface area contributed by atoms with Crippen molar-refractivity contribution >= 4 is 23.6 Å². The average Bonchev–Trinajstić information content (AvgIpc) is 2.71. The number of amides is 1. The Hall–Kier alpha value is -3.99. The fraction of sp³-hybridized carbons (Fsp3) is 0.150. The van der Waals surface area contributed by atoms with Crippen molar-refractivity contribution in [3.05, 3.63) is 53.1 Å². The second-order valence-corrected chi connectivity index (χ2v) is 5.42. The van der Waals surface area contributed by atoms with Gasteiger partial charge in [0.2, 0.25) is 0 Å². The average molecular weight is 382 g/mol. The summed E-state index contributed by atoms with van der Waals surface area (Å²) in [6, 6.07) is 10.8. The van der Waals surface area contributed by atoms with Crippen LogP contribution in [0.5, 0.6) is 17.2 Å². The molecule has 8 heteroatoms. The van der Waals surface area contributed by atoms with E-state index in [-0.39, 0.29) is 16.8 Å². The SMILES string of the molecule is COc1cc(OC)c(OC)cc1/C=C(\C#N)C(=O)Nc1ccccc1C(=O)O. The third kappa shape index (κ3) is 4.40. The van der Waals surface area contributed by atoms with E-state index in [9.17, 15) is 20.0 Å². The summed E-state index contributed by atoms with van der Waals surface area (Å²) in [5.41, 5.74) is 0.168. The lowest BCUT2D eigenvalue weighted by molar-refractivity contribution is -0.112. The number of para-hydroxylation sites is 1. The van der Waals surface area contributed by atoms with Crippen molar-refractivity contribution in [2.75, 3.05) is 26.6 Å². The highest BCUT2D eigenvalue weighted by Crippen LogP contribution is 2.35. The molecular weight excluding hydrogens is 364 g/mol. The molecule has 0 unspecified atom stereocenters. The molecule has 2 rings (SSSR count). The fourth-order valence-corrected chi connectivity index (χ4v) is 2.44. The first-order valence-corrected chi connectivity index (χ1v) is 8.00. The molecule has 28 heavy (non-hydrogen) atoms. The van der Waals surface area contributed by atoms with E-state index in [0.717, 1.165) is 0 Å². The molecule has 0 saturated carbocycles. The van der Waals surface area contributed by atoms with Crippen molar-refractivity contribution < 1.29 is 28.9 Å². The van der Waals surface area contributed by atoms with E-state index in [4.69, 9.17) is 14.2 Å². The highest BCUT2D eigenvalue weighted by Gasteiger charge is 2.17. The molecule has 2 N–H and O–H groups in total. The van der Waals surface area contributed by atoms with Gasteiger partial charge >= 0.3 is 5.97 Å². The summed E-state index contributed by atoms with van der Waals surface area (Å²) < 4.78 is 15.7. The van der Waals surface area contributed by atoms with Crippen molar-refractivity contribution in [3.8, 4) is 23.3 Å². The molecule has 1 amide bonds. The minimum absolute atomic E-state index is 0.0837. The second kappa shape index (κ2) is 9.09. The Labute approximate surface area is 161 Å². The van der Waals surface area contributed by atoms with Crippen molar-refractivity contribution in [3.63, 3.8) is 0 Å². The lowest BCUT2D eigenvalue weighted by atomic mass is 10.1. The molecule has 0 fully saturated rings. The Morgan fingerprint density at radius 2 is 1.64 bits per heavy atom.